The third-order valence-electron chi connectivity index (χ3n) is 3.80. The number of halogens is 2. The van der Waals surface area contributed by atoms with Gasteiger partial charge in [0, 0.05) is 5.56 Å². The van der Waals surface area contributed by atoms with Gasteiger partial charge in [0.05, 0.1) is 12.5 Å². The summed E-state index contributed by atoms with van der Waals surface area (Å²) in [5.74, 6) is -1.31. The van der Waals surface area contributed by atoms with Gasteiger partial charge in [0.1, 0.15) is 0 Å². The molecule has 0 aliphatic heterocycles. The average Bonchev–Trinajstić information content (AvgIpc) is 2.39. The summed E-state index contributed by atoms with van der Waals surface area (Å²) < 4.78 is 18.8. The van der Waals surface area contributed by atoms with Gasteiger partial charge in [-0.25, -0.2) is 4.39 Å². The molecule has 106 valence electrons. The van der Waals surface area contributed by atoms with E-state index in [1.165, 1.54) is 13.2 Å². The highest BCUT2D eigenvalue weighted by Crippen LogP contribution is 2.44. The Bertz CT molecular complexity index is 456. The Hall–Kier alpha value is -1.10. The average molecular weight is 333 g/mol. The van der Waals surface area contributed by atoms with Crippen LogP contribution in [0, 0.1) is 5.82 Å². The second-order valence-electron chi connectivity index (χ2n) is 4.77. The van der Waals surface area contributed by atoms with Crippen molar-refractivity contribution in [2.24, 2.45) is 0 Å². The van der Waals surface area contributed by atoms with E-state index in [9.17, 15) is 14.3 Å². The first-order valence-electron chi connectivity index (χ1n) is 6.18. The van der Waals surface area contributed by atoms with Crippen molar-refractivity contribution in [1.82, 2.24) is 0 Å². The van der Waals surface area contributed by atoms with Crippen LogP contribution in [0.25, 0.3) is 0 Å². The zero-order valence-electron chi connectivity index (χ0n) is 10.8. The standard InChI is InChI=1S/C14H17FO3.BrH/c1-18-12-10(6-5-7-11(12)15)14(13(16)17)8-3-2-4-9-14;/h5-7H,2-4,8-9H2,1H3,(H,16,17);1H. The van der Waals surface area contributed by atoms with Crippen LogP contribution in [0.5, 0.6) is 5.75 Å². The first kappa shape index (κ1) is 16.0. The highest BCUT2D eigenvalue weighted by Gasteiger charge is 2.43. The van der Waals surface area contributed by atoms with E-state index in [0.717, 1.165) is 19.3 Å². The van der Waals surface area contributed by atoms with E-state index in [0.29, 0.717) is 18.4 Å². The SMILES string of the molecule is Br.COc1c(F)cccc1C1(C(=O)O)CCCCC1. The van der Waals surface area contributed by atoms with Crippen LogP contribution in [-0.2, 0) is 10.2 Å². The molecule has 0 saturated heterocycles. The van der Waals surface area contributed by atoms with Gasteiger partial charge in [0.15, 0.2) is 11.6 Å². The fourth-order valence-electron chi connectivity index (χ4n) is 2.85. The van der Waals surface area contributed by atoms with E-state index < -0.39 is 17.2 Å². The minimum atomic E-state index is -0.994. The fraction of sp³-hybridized carbons (Fsp3) is 0.500. The molecule has 19 heavy (non-hydrogen) atoms. The van der Waals surface area contributed by atoms with Gasteiger partial charge in [-0.2, -0.15) is 0 Å². The third kappa shape index (κ3) is 2.76. The second kappa shape index (κ2) is 6.37. The number of benzene rings is 1. The van der Waals surface area contributed by atoms with Gasteiger partial charge in [0.2, 0.25) is 0 Å². The summed E-state index contributed by atoms with van der Waals surface area (Å²) in [5, 5.41) is 9.58. The summed E-state index contributed by atoms with van der Waals surface area (Å²) in [6, 6.07) is 4.51. The second-order valence-corrected chi connectivity index (χ2v) is 4.77. The molecule has 1 aliphatic rings. The van der Waals surface area contributed by atoms with Gasteiger partial charge < -0.3 is 9.84 Å². The highest BCUT2D eigenvalue weighted by atomic mass is 79.9. The molecule has 1 aromatic rings. The van der Waals surface area contributed by atoms with Crippen molar-refractivity contribution >= 4 is 23.0 Å². The molecule has 0 radical (unpaired) electrons. The topological polar surface area (TPSA) is 46.5 Å². The molecule has 3 nitrogen and oxygen atoms in total. The lowest BCUT2D eigenvalue weighted by molar-refractivity contribution is -0.145. The fourth-order valence-corrected chi connectivity index (χ4v) is 2.85. The largest absolute Gasteiger partial charge is 0.493 e. The molecule has 0 unspecified atom stereocenters. The summed E-state index contributed by atoms with van der Waals surface area (Å²) in [6.45, 7) is 0. The zero-order valence-corrected chi connectivity index (χ0v) is 12.5. The first-order valence-corrected chi connectivity index (χ1v) is 6.18. The molecule has 0 atom stereocenters. The van der Waals surface area contributed by atoms with Gasteiger partial charge in [-0.15, -0.1) is 17.0 Å². The smallest absolute Gasteiger partial charge is 0.314 e. The molecule has 1 fully saturated rings. The van der Waals surface area contributed by atoms with Crippen LogP contribution in [0.1, 0.15) is 37.7 Å². The normalized spacial score (nSPS) is 17.4. The molecule has 1 saturated carbocycles. The van der Waals surface area contributed by atoms with E-state index in [-0.39, 0.29) is 22.7 Å². The lowest BCUT2D eigenvalue weighted by Gasteiger charge is -2.34. The molecule has 1 N–H and O–H groups in total. The molecule has 0 spiro atoms. The molecule has 0 bridgehead atoms. The van der Waals surface area contributed by atoms with Crippen LogP contribution < -0.4 is 4.74 Å². The number of hydrogen-bond donors (Lipinski definition) is 1. The van der Waals surface area contributed by atoms with Crippen molar-refractivity contribution in [3.63, 3.8) is 0 Å². The number of hydrogen-bond acceptors (Lipinski definition) is 2. The zero-order chi connectivity index (χ0) is 13.2. The number of ether oxygens (including phenoxy) is 1. The van der Waals surface area contributed by atoms with E-state index in [1.807, 2.05) is 0 Å². The maximum atomic E-state index is 13.7. The van der Waals surface area contributed by atoms with E-state index in [4.69, 9.17) is 4.74 Å². The van der Waals surface area contributed by atoms with Crippen molar-refractivity contribution < 1.29 is 19.0 Å². The number of carboxylic acid groups (broad SMARTS) is 1. The van der Waals surface area contributed by atoms with Gasteiger partial charge in [-0.3, -0.25) is 4.79 Å². The molecule has 1 aromatic carbocycles. The summed E-state index contributed by atoms with van der Waals surface area (Å²) >= 11 is 0. The number of carboxylic acids is 1. The molecular formula is C14H18BrFO3. The number of para-hydroxylation sites is 1. The Morgan fingerprint density at radius 3 is 2.47 bits per heavy atom. The lowest BCUT2D eigenvalue weighted by atomic mass is 9.69. The summed E-state index contributed by atoms with van der Waals surface area (Å²) in [6.07, 6.45) is 3.83. The van der Waals surface area contributed by atoms with Gasteiger partial charge >= 0.3 is 5.97 Å². The molecule has 2 rings (SSSR count). The predicted molar refractivity (Wildman–Crippen MR) is 75.7 cm³/mol. The van der Waals surface area contributed by atoms with E-state index in [1.54, 1.807) is 12.1 Å². The molecule has 5 heteroatoms. The molecule has 0 amide bonds. The Morgan fingerprint density at radius 1 is 1.32 bits per heavy atom. The van der Waals surface area contributed by atoms with Gasteiger partial charge in [0.25, 0.3) is 0 Å². The van der Waals surface area contributed by atoms with E-state index in [2.05, 4.69) is 0 Å². The Balaban J connectivity index is 0.00000180. The Morgan fingerprint density at radius 2 is 1.95 bits per heavy atom. The third-order valence-corrected chi connectivity index (χ3v) is 3.80. The van der Waals surface area contributed by atoms with Crippen molar-refractivity contribution in [1.29, 1.82) is 0 Å². The minimum Gasteiger partial charge on any atom is -0.493 e. The molecule has 1 aliphatic carbocycles. The van der Waals surface area contributed by atoms with Crippen LogP contribution in [0.2, 0.25) is 0 Å². The minimum absolute atomic E-state index is 0. The van der Waals surface area contributed by atoms with Crippen LogP contribution in [0.4, 0.5) is 4.39 Å². The maximum absolute atomic E-state index is 13.7. The van der Waals surface area contributed by atoms with Crippen LogP contribution in [0.3, 0.4) is 0 Å². The quantitative estimate of drug-likeness (QED) is 0.917. The van der Waals surface area contributed by atoms with Crippen molar-refractivity contribution in [3.05, 3.63) is 29.6 Å². The summed E-state index contributed by atoms with van der Waals surface area (Å²) in [4.78, 5) is 11.7. The van der Waals surface area contributed by atoms with Crippen molar-refractivity contribution in [2.45, 2.75) is 37.5 Å². The Kier molecular flexibility index (Phi) is 5.35. The number of methoxy groups -OCH3 is 1. The molecule has 0 heterocycles. The lowest BCUT2D eigenvalue weighted by Crippen LogP contribution is -2.38. The number of aliphatic carboxylic acids is 1. The summed E-state index contributed by atoms with van der Waals surface area (Å²) in [5.41, 5.74) is -0.525. The van der Waals surface area contributed by atoms with Crippen molar-refractivity contribution in [2.75, 3.05) is 7.11 Å². The monoisotopic (exact) mass is 332 g/mol. The molecule has 0 aromatic heterocycles. The number of rotatable bonds is 3. The number of carbonyl (C=O) groups is 1. The first-order chi connectivity index (χ1) is 8.62. The summed E-state index contributed by atoms with van der Waals surface area (Å²) in [7, 11) is 1.38. The molecular weight excluding hydrogens is 315 g/mol. The predicted octanol–water partition coefficient (Wildman–Crippen LogP) is 3.70. The maximum Gasteiger partial charge on any atom is 0.314 e. The van der Waals surface area contributed by atoms with Gasteiger partial charge in [-0.1, -0.05) is 31.4 Å². The van der Waals surface area contributed by atoms with Gasteiger partial charge in [-0.05, 0) is 18.9 Å². The van der Waals surface area contributed by atoms with E-state index >= 15 is 0 Å². The Labute approximate surface area is 122 Å². The van der Waals surface area contributed by atoms with Crippen LogP contribution in [-0.4, -0.2) is 18.2 Å². The highest BCUT2D eigenvalue weighted by molar-refractivity contribution is 8.93. The van der Waals surface area contributed by atoms with Crippen molar-refractivity contribution in [3.8, 4) is 5.75 Å². The van der Waals surface area contributed by atoms with Crippen LogP contribution in [0.15, 0.2) is 18.2 Å². The van der Waals surface area contributed by atoms with Crippen LogP contribution >= 0.6 is 17.0 Å².